The summed E-state index contributed by atoms with van der Waals surface area (Å²) in [5.74, 6) is -0.340. The number of rotatable bonds is 7. The number of aromatic nitrogens is 3. The van der Waals surface area contributed by atoms with E-state index in [4.69, 9.17) is 4.52 Å². The lowest BCUT2D eigenvalue weighted by atomic mass is 10.0. The maximum absolute atomic E-state index is 11.7. The van der Waals surface area contributed by atoms with Crippen molar-refractivity contribution < 1.29 is 14.4 Å². The molecule has 0 spiro atoms. The molecular formula is C16H24N4O3. The molecule has 0 aliphatic rings. The first kappa shape index (κ1) is 17.2. The maximum Gasteiger partial charge on any atom is 0.325 e. The molecule has 0 bridgehead atoms. The van der Waals surface area contributed by atoms with Crippen LogP contribution in [0.15, 0.2) is 10.6 Å². The average molecular weight is 320 g/mol. The van der Waals surface area contributed by atoms with Crippen molar-refractivity contribution in [3.63, 3.8) is 0 Å². The number of carboxylic acids is 1. The Bertz CT molecular complexity index is 670. The van der Waals surface area contributed by atoms with Gasteiger partial charge in [-0.3, -0.25) is 14.4 Å². The van der Waals surface area contributed by atoms with Gasteiger partial charge in [-0.25, -0.2) is 0 Å². The SMILES string of the molecule is Cc1cc(C)n(CCCN(C)[C@@H](C(=O)O)c2c(C)noc2C)n1. The Labute approximate surface area is 135 Å². The van der Waals surface area contributed by atoms with E-state index in [0.717, 1.165) is 24.4 Å². The van der Waals surface area contributed by atoms with Crippen LogP contribution in [-0.2, 0) is 11.3 Å². The van der Waals surface area contributed by atoms with E-state index in [9.17, 15) is 9.90 Å². The number of nitrogens with zero attached hydrogens (tertiary/aromatic N) is 4. The number of hydrogen-bond donors (Lipinski definition) is 1. The zero-order chi connectivity index (χ0) is 17.1. The predicted molar refractivity (Wildman–Crippen MR) is 85.3 cm³/mol. The fourth-order valence-electron chi connectivity index (χ4n) is 2.91. The van der Waals surface area contributed by atoms with Gasteiger partial charge in [-0.05, 0) is 47.2 Å². The second kappa shape index (κ2) is 6.95. The summed E-state index contributed by atoms with van der Waals surface area (Å²) in [7, 11) is 1.81. The second-order valence-electron chi connectivity index (χ2n) is 5.96. The van der Waals surface area contributed by atoms with Crippen molar-refractivity contribution in [2.75, 3.05) is 13.6 Å². The van der Waals surface area contributed by atoms with Gasteiger partial charge in [-0.15, -0.1) is 0 Å². The van der Waals surface area contributed by atoms with Gasteiger partial charge in [0.1, 0.15) is 11.8 Å². The van der Waals surface area contributed by atoms with E-state index in [1.165, 1.54) is 0 Å². The molecule has 7 heteroatoms. The standard InChI is InChI=1S/C16H24N4O3/c1-10-9-11(2)20(17-10)8-6-7-19(5)15(16(21)22)14-12(3)18-23-13(14)4/h9,15H,6-8H2,1-5H3,(H,21,22)/t15-/m1/s1. The summed E-state index contributed by atoms with van der Waals surface area (Å²) in [6, 6.07) is 1.29. The predicted octanol–water partition coefficient (Wildman–Crippen LogP) is 2.25. The third kappa shape index (κ3) is 3.79. The van der Waals surface area contributed by atoms with Crippen LogP contribution < -0.4 is 0 Å². The summed E-state index contributed by atoms with van der Waals surface area (Å²) in [6.45, 7) is 8.90. The van der Waals surface area contributed by atoms with Gasteiger partial charge in [0.05, 0.1) is 11.4 Å². The van der Waals surface area contributed by atoms with Gasteiger partial charge in [0.2, 0.25) is 0 Å². The van der Waals surface area contributed by atoms with Crippen LogP contribution >= 0.6 is 0 Å². The summed E-state index contributed by atoms with van der Waals surface area (Å²) in [6.07, 6.45) is 0.811. The van der Waals surface area contributed by atoms with Gasteiger partial charge >= 0.3 is 5.97 Å². The van der Waals surface area contributed by atoms with Crippen LogP contribution in [0.3, 0.4) is 0 Å². The second-order valence-corrected chi connectivity index (χ2v) is 5.96. The Morgan fingerprint density at radius 3 is 2.57 bits per heavy atom. The van der Waals surface area contributed by atoms with E-state index in [2.05, 4.69) is 10.3 Å². The van der Waals surface area contributed by atoms with Crippen LogP contribution in [0.2, 0.25) is 0 Å². The highest BCUT2D eigenvalue weighted by Crippen LogP contribution is 2.26. The number of aliphatic carboxylic acids is 1. The molecule has 126 valence electrons. The van der Waals surface area contributed by atoms with Crippen molar-refractivity contribution in [1.29, 1.82) is 0 Å². The van der Waals surface area contributed by atoms with Crippen LogP contribution in [0.5, 0.6) is 0 Å². The highest BCUT2D eigenvalue weighted by atomic mass is 16.5. The Morgan fingerprint density at radius 1 is 1.39 bits per heavy atom. The minimum atomic E-state index is -0.895. The molecule has 0 saturated heterocycles. The number of carbonyl (C=O) groups is 1. The molecule has 0 radical (unpaired) electrons. The highest BCUT2D eigenvalue weighted by molar-refractivity contribution is 5.76. The molecule has 0 saturated carbocycles. The molecule has 0 aliphatic heterocycles. The first-order chi connectivity index (χ1) is 10.8. The summed E-state index contributed by atoms with van der Waals surface area (Å²) < 4.78 is 7.07. The van der Waals surface area contributed by atoms with Crippen LogP contribution in [0.1, 0.15) is 40.9 Å². The Hall–Kier alpha value is -2.15. The van der Waals surface area contributed by atoms with Crippen LogP contribution in [-0.4, -0.2) is 44.5 Å². The summed E-state index contributed by atoms with van der Waals surface area (Å²) in [5, 5.41) is 17.9. The van der Waals surface area contributed by atoms with Gasteiger partial charge in [-0.1, -0.05) is 5.16 Å². The molecule has 0 aromatic carbocycles. The van der Waals surface area contributed by atoms with E-state index >= 15 is 0 Å². The van der Waals surface area contributed by atoms with Crippen molar-refractivity contribution >= 4 is 5.97 Å². The quantitative estimate of drug-likeness (QED) is 0.842. The van der Waals surface area contributed by atoms with Gasteiger partial charge in [0.25, 0.3) is 0 Å². The fourth-order valence-corrected chi connectivity index (χ4v) is 2.91. The minimum absolute atomic E-state index is 0.556. The molecule has 0 aliphatic carbocycles. The van der Waals surface area contributed by atoms with Crippen molar-refractivity contribution in [3.05, 3.63) is 34.5 Å². The van der Waals surface area contributed by atoms with Crippen molar-refractivity contribution in [2.24, 2.45) is 0 Å². The molecule has 2 heterocycles. The van der Waals surface area contributed by atoms with E-state index in [1.54, 1.807) is 13.8 Å². The molecule has 23 heavy (non-hydrogen) atoms. The van der Waals surface area contributed by atoms with E-state index < -0.39 is 12.0 Å². The largest absolute Gasteiger partial charge is 0.480 e. The summed E-state index contributed by atoms with van der Waals surface area (Å²) in [5.41, 5.74) is 3.38. The van der Waals surface area contributed by atoms with Gasteiger partial charge in [0, 0.05) is 24.3 Å². The van der Waals surface area contributed by atoms with Crippen LogP contribution in [0.4, 0.5) is 0 Å². The summed E-state index contributed by atoms with van der Waals surface area (Å²) in [4.78, 5) is 13.5. The zero-order valence-electron chi connectivity index (χ0n) is 14.3. The normalized spacial score (nSPS) is 12.8. The van der Waals surface area contributed by atoms with Crippen LogP contribution in [0.25, 0.3) is 0 Å². The minimum Gasteiger partial charge on any atom is -0.480 e. The molecule has 1 atom stereocenters. The van der Waals surface area contributed by atoms with Crippen LogP contribution in [0, 0.1) is 27.7 Å². The third-order valence-electron chi connectivity index (χ3n) is 4.02. The lowest BCUT2D eigenvalue weighted by molar-refractivity contribution is -0.143. The smallest absolute Gasteiger partial charge is 0.325 e. The maximum atomic E-state index is 11.7. The number of aryl methyl sites for hydroxylation is 5. The molecule has 7 nitrogen and oxygen atoms in total. The summed E-state index contributed by atoms with van der Waals surface area (Å²) >= 11 is 0. The van der Waals surface area contributed by atoms with Crippen molar-refractivity contribution in [1.82, 2.24) is 19.8 Å². The fraction of sp³-hybridized carbons (Fsp3) is 0.562. The lowest BCUT2D eigenvalue weighted by Crippen LogP contribution is -2.32. The molecular weight excluding hydrogens is 296 g/mol. The Kier molecular flexibility index (Phi) is 5.20. The van der Waals surface area contributed by atoms with Gasteiger partial charge in [0.15, 0.2) is 0 Å². The van der Waals surface area contributed by atoms with Crippen molar-refractivity contribution in [3.8, 4) is 0 Å². The van der Waals surface area contributed by atoms with E-state index in [-0.39, 0.29) is 0 Å². The van der Waals surface area contributed by atoms with Gasteiger partial charge in [-0.2, -0.15) is 5.10 Å². The number of hydrogen-bond acceptors (Lipinski definition) is 5. The first-order valence-corrected chi connectivity index (χ1v) is 7.68. The first-order valence-electron chi connectivity index (χ1n) is 7.68. The molecule has 0 amide bonds. The lowest BCUT2D eigenvalue weighted by Gasteiger charge is -2.24. The number of likely N-dealkylation sites (N-methyl/N-ethyl adjacent to an activating group) is 1. The zero-order valence-corrected chi connectivity index (χ0v) is 14.3. The average Bonchev–Trinajstić information content (AvgIpc) is 2.94. The molecule has 2 aromatic rings. The third-order valence-corrected chi connectivity index (χ3v) is 4.02. The molecule has 2 aromatic heterocycles. The Balaban J connectivity index is 2.03. The Morgan fingerprint density at radius 2 is 2.09 bits per heavy atom. The topological polar surface area (TPSA) is 84.4 Å². The number of carboxylic acid groups (broad SMARTS) is 1. The van der Waals surface area contributed by atoms with E-state index in [0.29, 0.717) is 23.6 Å². The van der Waals surface area contributed by atoms with E-state index in [1.807, 2.05) is 36.5 Å². The van der Waals surface area contributed by atoms with Crippen molar-refractivity contribution in [2.45, 2.75) is 46.7 Å². The van der Waals surface area contributed by atoms with Gasteiger partial charge < -0.3 is 9.63 Å². The molecule has 1 N–H and O–H groups in total. The monoisotopic (exact) mass is 320 g/mol. The molecule has 0 unspecified atom stereocenters. The molecule has 0 fully saturated rings. The molecule has 2 rings (SSSR count). The highest BCUT2D eigenvalue weighted by Gasteiger charge is 2.30.